The van der Waals surface area contributed by atoms with Crippen LogP contribution in [0.1, 0.15) is 10.4 Å². The van der Waals surface area contributed by atoms with E-state index in [-0.39, 0.29) is 5.91 Å². The van der Waals surface area contributed by atoms with E-state index < -0.39 is 0 Å². The van der Waals surface area contributed by atoms with Crippen LogP contribution >= 0.6 is 34.2 Å². The van der Waals surface area contributed by atoms with E-state index in [4.69, 9.17) is 11.6 Å². The Morgan fingerprint density at radius 1 is 1.15 bits per heavy atom. The highest BCUT2D eigenvalue weighted by Crippen LogP contribution is 2.23. The molecule has 0 radical (unpaired) electrons. The molecule has 0 fully saturated rings. The van der Waals surface area contributed by atoms with Crippen molar-refractivity contribution in [3.8, 4) is 0 Å². The molecule has 3 nitrogen and oxygen atoms in total. The summed E-state index contributed by atoms with van der Waals surface area (Å²) in [5.41, 5.74) is 2.40. The Labute approximate surface area is 134 Å². The van der Waals surface area contributed by atoms with Gasteiger partial charge in [0.1, 0.15) is 0 Å². The standard InChI is InChI=1S/C15H10ClIN2O/c16-11-2-4-14(12(17)8-11)19-15(20)10-1-3-13-9(7-10)5-6-18-13/h1-8,18H,(H,19,20). The molecule has 0 saturated carbocycles. The number of hydrogen-bond donors (Lipinski definition) is 2. The molecular weight excluding hydrogens is 387 g/mol. The van der Waals surface area contributed by atoms with E-state index in [1.807, 2.05) is 30.5 Å². The summed E-state index contributed by atoms with van der Waals surface area (Å²) in [6.45, 7) is 0. The van der Waals surface area contributed by atoms with Gasteiger partial charge in [-0.25, -0.2) is 0 Å². The first-order chi connectivity index (χ1) is 9.63. The molecule has 0 spiro atoms. The quantitative estimate of drug-likeness (QED) is 0.607. The van der Waals surface area contributed by atoms with Crippen molar-refractivity contribution < 1.29 is 4.79 Å². The van der Waals surface area contributed by atoms with Crippen LogP contribution in [0.4, 0.5) is 5.69 Å². The van der Waals surface area contributed by atoms with Crippen LogP contribution in [0.2, 0.25) is 5.02 Å². The van der Waals surface area contributed by atoms with Gasteiger partial charge < -0.3 is 10.3 Å². The van der Waals surface area contributed by atoms with E-state index in [2.05, 4.69) is 32.9 Å². The van der Waals surface area contributed by atoms with Crippen LogP contribution in [0.3, 0.4) is 0 Å². The van der Waals surface area contributed by atoms with Gasteiger partial charge in [-0.05, 0) is 65.1 Å². The van der Waals surface area contributed by atoms with Gasteiger partial charge in [0.2, 0.25) is 0 Å². The fourth-order valence-electron chi connectivity index (χ4n) is 1.98. The highest BCUT2D eigenvalue weighted by molar-refractivity contribution is 14.1. The summed E-state index contributed by atoms with van der Waals surface area (Å²) in [5.74, 6) is -0.131. The van der Waals surface area contributed by atoms with E-state index in [1.54, 1.807) is 18.2 Å². The summed E-state index contributed by atoms with van der Waals surface area (Å²) in [6.07, 6.45) is 1.86. The number of hydrogen-bond acceptors (Lipinski definition) is 1. The van der Waals surface area contributed by atoms with Gasteiger partial charge in [-0.1, -0.05) is 11.6 Å². The highest BCUT2D eigenvalue weighted by atomic mass is 127. The summed E-state index contributed by atoms with van der Waals surface area (Å²) < 4.78 is 0.908. The molecule has 0 aliphatic rings. The summed E-state index contributed by atoms with van der Waals surface area (Å²) >= 11 is 8.05. The van der Waals surface area contributed by atoms with Crippen LogP contribution < -0.4 is 5.32 Å². The molecule has 0 aliphatic heterocycles. The second kappa shape index (κ2) is 5.46. The van der Waals surface area contributed by atoms with Crippen LogP contribution in [-0.4, -0.2) is 10.9 Å². The number of anilines is 1. The molecule has 1 amide bonds. The lowest BCUT2D eigenvalue weighted by Crippen LogP contribution is -2.12. The first-order valence-electron chi connectivity index (χ1n) is 5.97. The molecule has 0 unspecified atom stereocenters. The van der Waals surface area contributed by atoms with Crippen LogP contribution in [-0.2, 0) is 0 Å². The third kappa shape index (κ3) is 2.66. The zero-order valence-electron chi connectivity index (χ0n) is 10.3. The Morgan fingerprint density at radius 3 is 2.80 bits per heavy atom. The summed E-state index contributed by atoms with van der Waals surface area (Å²) in [7, 11) is 0. The Hall–Kier alpha value is -1.53. The molecule has 1 aromatic heterocycles. The topological polar surface area (TPSA) is 44.9 Å². The lowest BCUT2D eigenvalue weighted by atomic mass is 10.1. The van der Waals surface area contributed by atoms with Crippen LogP contribution in [0.15, 0.2) is 48.7 Å². The molecule has 100 valence electrons. The van der Waals surface area contributed by atoms with Crippen molar-refractivity contribution in [1.29, 1.82) is 0 Å². The number of H-pyrrole nitrogens is 1. The Bertz CT molecular complexity index is 797. The van der Waals surface area contributed by atoms with Crippen molar-refractivity contribution >= 4 is 56.7 Å². The Balaban J connectivity index is 1.88. The van der Waals surface area contributed by atoms with Gasteiger partial charge >= 0.3 is 0 Å². The predicted molar refractivity (Wildman–Crippen MR) is 90.4 cm³/mol. The van der Waals surface area contributed by atoms with E-state index in [0.29, 0.717) is 10.6 Å². The van der Waals surface area contributed by atoms with Gasteiger partial charge in [0.05, 0.1) is 5.69 Å². The van der Waals surface area contributed by atoms with Gasteiger partial charge in [-0.2, -0.15) is 0 Å². The second-order valence-corrected chi connectivity index (χ2v) is 5.96. The van der Waals surface area contributed by atoms with Gasteiger partial charge in [0, 0.05) is 31.3 Å². The minimum atomic E-state index is -0.131. The molecule has 3 rings (SSSR count). The van der Waals surface area contributed by atoms with E-state index in [0.717, 1.165) is 20.2 Å². The largest absolute Gasteiger partial charge is 0.361 e. The maximum Gasteiger partial charge on any atom is 0.255 e. The second-order valence-electron chi connectivity index (χ2n) is 4.36. The van der Waals surface area contributed by atoms with Crippen molar-refractivity contribution in [2.24, 2.45) is 0 Å². The highest BCUT2D eigenvalue weighted by Gasteiger charge is 2.09. The number of nitrogens with one attached hydrogen (secondary N) is 2. The van der Waals surface area contributed by atoms with Crippen molar-refractivity contribution in [1.82, 2.24) is 4.98 Å². The first kappa shape index (κ1) is 13.5. The molecule has 0 bridgehead atoms. The maximum atomic E-state index is 12.3. The van der Waals surface area contributed by atoms with Crippen molar-refractivity contribution in [3.05, 3.63) is 62.8 Å². The number of benzene rings is 2. The molecule has 0 atom stereocenters. The summed E-state index contributed by atoms with van der Waals surface area (Å²) in [4.78, 5) is 15.4. The SMILES string of the molecule is O=C(Nc1ccc(Cl)cc1I)c1ccc2[nH]ccc2c1. The zero-order chi connectivity index (χ0) is 14.1. The normalized spacial score (nSPS) is 10.7. The van der Waals surface area contributed by atoms with Gasteiger partial charge in [0.15, 0.2) is 0 Å². The number of fused-ring (bicyclic) bond motifs is 1. The summed E-state index contributed by atoms with van der Waals surface area (Å²) in [6, 6.07) is 12.9. The van der Waals surface area contributed by atoms with Gasteiger partial charge in [-0.3, -0.25) is 4.79 Å². The maximum absolute atomic E-state index is 12.3. The number of halogens is 2. The average molecular weight is 397 g/mol. The Kier molecular flexibility index (Phi) is 3.67. The predicted octanol–water partition coefficient (Wildman–Crippen LogP) is 4.68. The lowest BCUT2D eigenvalue weighted by Gasteiger charge is -2.08. The molecule has 0 saturated heterocycles. The molecule has 5 heteroatoms. The molecule has 20 heavy (non-hydrogen) atoms. The van der Waals surface area contributed by atoms with Crippen LogP contribution in [0.25, 0.3) is 10.9 Å². The number of aromatic nitrogens is 1. The molecule has 2 aromatic carbocycles. The average Bonchev–Trinajstić information content (AvgIpc) is 2.89. The minimum Gasteiger partial charge on any atom is -0.361 e. The van der Waals surface area contributed by atoms with Crippen LogP contribution in [0, 0.1) is 3.57 Å². The number of amides is 1. The minimum absolute atomic E-state index is 0.131. The van der Waals surface area contributed by atoms with Crippen molar-refractivity contribution in [2.45, 2.75) is 0 Å². The number of carbonyl (C=O) groups is 1. The zero-order valence-corrected chi connectivity index (χ0v) is 13.2. The van der Waals surface area contributed by atoms with Gasteiger partial charge in [-0.15, -0.1) is 0 Å². The summed E-state index contributed by atoms with van der Waals surface area (Å²) in [5, 5.41) is 4.57. The van der Waals surface area contributed by atoms with E-state index in [1.165, 1.54) is 0 Å². The lowest BCUT2D eigenvalue weighted by molar-refractivity contribution is 0.102. The number of aromatic amines is 1. The molecule has 0 aliphatic carbocycles. The Morgan fingerprint density at radius 2 is 2.00 bits per heavy atom. The van der Waals surface area contributed by atoms with Gasteiger partial charge in [0.25, 0.3) is 5.91 Å². The monoisotopic (exact) mass is 396 g/mol. The number of carbonyl (C=O) groups excluding carboxylic acids is 1. The first-order valence-corrected chi connectivity index (χ1v) is 7.43. The van der Waals surface area contributed by atoms with Crippen molar-refractivity contribution in [3.63, 3.8) is 0 Å². The molecule has 2 N–H and O–H groups in total. The molecule has 3 aromatic rings. The number of rotatable bonds is 2. The van der Waals surface area contributed by atoms with Crippen LogP contribution in [0.5, 0.6) is 0 Å². The fourth-order valence-corrected chi connectivity index (χ4v) is 2.99. The smallest absolute Gasteiger partial charge is 0.255 e. The third-order valence-corrected chi connectivity index (χ3v) is 4.12. The molecule has 1 heterocycles. The molecular formula is C15H10ClIN2O. The van der Waals surface area contributed by atoms with E-state index >= 15 is 0 Å². The van der Waals surface area contributed by atoms with Crippen molar-refractivity contribution in [2.75, 3.05) is 5.32 Å². The van der Waals surface area contributed by atoms with E-state index in [9.17, 15) is 4.79 Å². The third-order valence-electron chi connectivity index (χ3n) is 2.99. The fraction of sp³-hybridized carbons (Fsp3) is 0.